The minimum atomic E-state index is -0.167. The Hall–Kier alpha value is -1.66. The molecule has 0 aromatic carbocycles. The summed E-state index contributed by atoms with van der Waals surface area (Å²) in [7, 11) is 5.55. The number of hydrogen-bond acceptors (Lipinski definition) is 5. The summed E-state index contributed by atoms with van der Waals surface area (Å²) < 4.78 is 5.25. The molecular formula is C14H22N4O2. The number of pyridine rings is 1. The molecule has 110 valence electrons. The number of amides is 1. The number of anilines is 1. The molecule has 0 bridgehead atoms. The first kappa shape index (κ1) is 14.7. The van der Waals surface area contributed by atoms with E-state index in [9.17, 15) is 4.79 Å². The van der Waals surface area contributed by atoms with Crippen LogP contribution in [0.4, 0.5) is 5.82 Å². The highest BCUT2D eigenvalue weighted by atomic mass is 16.5. The van der Waals surface area contributed by atoms with E-state index in [1.807, 2.05) is 31.1 Å². The molecule has 0 saturated carbocycles. The predicted octanol–water partition coefficient (Wildman–Crippen LogP) is 0.141. The first-order valence-electron chi connectivity index (χ1n) is 6.77. The van der Waals surface area contributed by atoms with Crippen LogP contribution in [-0.4, -0.2) is 50.8 Å². The number of aromatic nitrogens is 1. The SMILES string of the molecule is CO[C@@H]1CN[C@@H](C(=O)NCc2cccnc2N(C)C)C1. The lowest BCUT2D eigenvalue weighted by Crippen LogP contribution is -2.40. The largest absolute Gasteiger partial charge is 0.380 e. The van der Waals surface area contributed by atoms with E-state index in [0.29, 0.717) is 6.54 Å². The van der Waals surface area contributed by atoms with Gasteiger partial charge in [-0.3, -0.25) is 4.79 Å². The van der Waals surface area contributed by atoms with Gasteiger partial charge in [-0.15, -0.1) is 0 Å². The fourth-order valence-corrected chi connectivity index (χ4v) is 2.36. The fraction of sp³-hybridized carbons (Fsp3) is 0.571. The van der Waals surface area contributed by atoms with Crippen molar-refractivity contribution in [2.24, 2.45) is 0 Å². The van der Waals surface area contributed by atoms with Crippen LogP contribution < -0.4 is 15.5 Å². The van der Waals surface area contributed by atoms with Crippen LogP contribution in [0.1, 0.15) is 12.0 Å². The molecule has 6 nitrogen and oxygen atoms in total. The molecule has 1 saturated heterocycles. The van der Waals surface area contributed by atoms with Crippen molar-refractivity contribution in [3.05, 3.63) is 23.9 Å². The smallest absolute Gasteiger partial charge is 0.237 e. The third-order valence-electron chi connectivity index (χ3n) is 3.48. The monoisotopic (exact) mass is 278 g/mol. The van der Waals surface area contributed by atoms with Crippen molar-refractivity contribution in [3.63, 3.8) is 0 Å². The van der Waals surface area contributed by atoms with Crippen LogP contribution in [0.5, 0.6) is 0 Å². The average molecular weight is 278 g/mol. The van der Waals surface area contributed by atoms with Crippen molar-refractivity contribution in [3.8, 4) is 0 Å². The molecule has 20 heavy (non-hydrogen) atoms. The molecule has 1 fully saturated rings. The van der Waals surface area contributed by atoms with Gasteiger partial charge < -0.3 is 20.3 Å². The maximum Gasteiger partial charge on any atom is 0.237 e. The van der Waals surface area contributed by atoms with Gasteiger partial charge in [0.1, 0.15) is 5.82 Å². The second-order valence-corrected chi connectivity index (χ2v) is 5.15. The first-order valence-corrected chi connectivity index (χ1v) is 6.77. The highest BCUT2D eigenvalue weighted by molar-refractivity contribution is 5.82. The number of rotatable bonds is 5. The quantitative estimate of drug-likeness (QED) is 0.802. The van der Waals surface area contributed by atoms with Gasteiger partial charge in [-0.05, 0) is 12.5 Å². The maximum atomic E-state index is 12.1. The molecule has 2 heterocycles. The van der Waals surface area contributed by atoms with Crippen molar-refractivity contribution >= 4 is 11.7 Å². The molecule has 1 aliphatic heterocycles. The third-order valence-corrected chi connectivity index (χ3v) is 3.48. The average Bonchev–Trinajstić information content (AvgIpc) is 2.94. The minimum Gasteiger partial charge on any atom is -0.380 e. The zero-order valence-corrected chi connectivity index (χ0v) is 12.2. The van der Waals surface area contributed by atoms with Crippen LogP contribution in [0.3, 0.4) is 0 Å². The molecule has 0 aliphatic carbocycles. The van der Waals surface area contributed by atoms with Gasteiger partial charge in [-0.2, -0.15) is 0 Å². The lowest BCUT2D eigenvalue weighted by Gasteiger charge is -2.17. The van der Waals surface area contributed by atoms with E-state index in [1.54, 1.807) is 13.3 Å². The summed E-state index contributed by atoms with van der Waals surface area (Å²) in [6.07, 6.45) is 2.60. The number of nitrogens with one attached hydrogen (secondary N) is 2. The van der Waals surface area contributed by atoms with Gasteiger partial charge in [0.25, 0.3) is 0 Å². The maximum absolute atomic E-state index is 12.1. The molecular weight excluding hydrogens is 256 g/mol. The number of hydrogen-bond donors (Lipinski definition) is 2. The molecule has 1 aliphatic rings. The second kappa shape index (κ2) is 6.67. The predicted molar refractivity (Wildman–Crippen MR) is 77.6 cm³/mol. The van der Waals surface area contributed by atoms with Crippen LogP contribution >= 0.6 is 0 Å². The van der Waals surface area contributed by atoms with Crippen molar-refractivity contribution in [2.75, 3.05) is 32.6 Å². The third kappa shape index (κ3) is 3.46. The van der Waals surface area contributed by atoms with Crippen LogP contribution in [0.15, 0.2) is 18.3 Å². The second-order valence-electron chi connectivity index (χ2n) is 5.15. The zero-order valence-electron chi connectivity index (χ0n) is 12.2. The van der Waals surface area contributed by atoms with E-state index < -0.39 is 0 Å². The molecule has 2 rings (SSSR count). The number of carbonyl (C=O) groups is 1. The summed E-state index contributed by atoms with van der Waals surface area (Å²) in [5.74, 6) is 0.889. The van der Waals surface area contributed by atoms with Crippen molar-refractivity contribution in [2.45, 2.75) is 25.1 Å². The number of nitrogens with zero attached hydrogens (tertiary/aromatic N) is 2. The summed E-state index contributed by atoms with van der Waals surface area (Å²) in [6, 6.07) is 3.69. The molecule has 1 aromatic rings. The molecule has 6 heteroatoms. The lowest BCUT2D eigenvalue weighted by molar-refractivity contribution is -0.123. The summed E-state index contributed by atoms with van der Waals surface area (Å²) in [5.41, 5.74) is 1.01. The van der Waals surface area contributed by atoms with Crippen molar-refractivity contribution < 1.29 is 9.53 Å². The van der Waals surface area contributed by atoms with E-state index in [1.165, 1.54) is 0 Å². The van der Waals surface area contributed by atoms with Crippen molar-refractivity contribution in [1.29, 1.82) is 0 Å². The highest BCUT2D eigenvalue weighted by Gasteiger charge is 2.29. The molecule has 1 aromatic heterocycles. The van der Waals surface area contributed by atoms with Gasteiger partial charge in [0.15, 0.2) is 0 Å². The Balaban J connectivity index is 1.91. The Morgan fingerprint density at radius 1 is 1.60 bits per heavy atom. The minimum absolute atomic E-state index is 0.0121. The summed E-state index contributed by atoms with van der Waals surface area (Å²) in [5, 5.41) is 6.13. The van der Waals surface area contributed by atoms with Gasteiger partial charge in [0.05, 0.1) is 12.1 Å². The topological polar surface area (TPSA) is 66.5 Å². The molecule has 0 unspecified atom stereocenters. The Bertz CT molecular complexity index is 464. The highest BCUT2D eigenvalue weighted by Crippen LogP contribution is 2.14. The number of ether oxygens (including phenoxy) is 1. The van der Waals surface area contributed by atoms with Crippen molar-refractivity contribution in [1.82, 2.24) is 15.6 Å². The molecule has 1 amide bonds. The van der Waals surface area contributed by atoms with Crippen LogP contribution in [0, 0.1) is 0 Å². The number of methoxy groups -OCH3 is 1. The van der Waals surface area contributed by atoms with Crippen LogP contribution in [-0.2, 0) is 16.1 Å². The molecule has 2 N–H and O–H groups in total. The number of carbonyl (C=O) groups excluding carboxylic acids is 1. The first-order chi connectivity index (χ1) is 9.61. The Kier molecular flexibility index (Phi) is 4.92. The van der Waals surface area contributed by atoms with Gasteiger partial charge >= 0.3 is 0 Å². The van der Waals surface area contributed by atoms with Gasteiger partial charge in [0, 0.05) is 46.1 Å². The van der Waals surface area contributed by atoms with E-state index in [4.69, 9.17) is 4.74 Å². The van der Waals surface area contributed by atoms with E-state index in [2.05, 4.69) is 15.6 Å². The Labute approximate surface area is 119 Å². The fourth-order valence-electron chi connectivity index (χ4n) is 2.36. The van der Waals surface area contributed by atoms with Crippen LogP contribution in [0.25, 0.3) is 0 Å². The summed E-state index contributed by atoms with van der Waals surface area (Å²) in [6.45, 7) is 1.21. The molecule has 0 radical (unpaired) electrons. The standard InChI is InChI=1S/C14H22N4O2/c1-18(2)13-10(5-4-6-15-13)8-17-14(19)12-7-11(20-3)9-16-12/h4-6,11-12,16H,7-9H2,1-3H3,(H,17,19)/t11-,12+/m0/s1. The van der Waals surface area contributed by atoms with Gasteiger partial charge in [0.2, 0.25) is 5.91 Å². The summed E-state index contributed by atoms with van der Waals surface area (Å²) in [4.78, 5) is 18.4. The Morgan fingerprint density at radius 3 is 3.05 bits per heavy atom. The van der Waals surface area contributed by atoms with E-state index >= 15 is 0 Å². The molecule has 2 atom stereocenters. The van der Waals surface area contributed by atoms with Gasteiger partial charge in [-0.25, -0.2) is 4.98 Å². The van der Waals surface area contributed by atoms with E-state index in [0.717, 1.165) is 24.3 Å². The van der Waals surface area contributed by atoms with Gasteiger partial charge in [-0.1, -0.05) is 6.07 Å². The van der Waals surface area contributed by atoms with E-state index in [-0.39, 0.29) is 18.1 Å². The molecule has 0 spiro atoms. The Morgan fingerprint density at radius 2 is 2.40 bits per heavy atom. The zero-order chi connectivity index (χ0) is 14.5. The van der Waals surface area contributed by atoms with Crippen LogP contribution in [0.2, 0.25) is 0 Å². The normalized spacial score (nSPS) is 21.8. The lowest BCUT2D eigenvalue weighted by atomic mass is 10.2. The summed E-state index contributed by atoms with van der Waals surface area (Å²) >= 11 is 0.